The summed E-state index contributed by atoms with van der Waals surface area (Å²) in [6.07, 6.45) is 3.52. The first-order valence-electron chi connectivity index (χ1n) is 6.73. The van der Waals surface area contributed by atoms with Gasteiger partial charge in [0.05, 0.1) is 18.3 Å². The predicted octanol–water partition coefficient (Wildman–Crippen LogP) is 0.717. The second kappa shape index (κ2) is 5.42. The summed E-state index contributed by atoms with van der Waals surface area (Å²) in [6, 6.07) is 9.64. The average molecular weight is 271 g/mol. The zero-order valence-electron chi connectivity index (χ0n) is 11.1. The van der Waals surface area contributed by atoms with Crippen molar-refractivity contribution in [3.05, 3.63) is 42.5 Å². The molecule has 1 amide bonds. The Bertz CT molecular complexity index is 595. The predicted molar refractivity (Wildman–Crippen MR) is 74.0 cm³/mol. The van der Waals surface area contributed by atoms with E-state index in [2.05, 4.69) is 10.1 Å². The topological polar surface area (TPSA) is 77.0 Å². The largest absolute Gasteiger partial charge is 0.368 e. The summed E-state index contributed by atoms with van der Waals surface area (Å²) in [4.78, 5) is 17.7. The van der Waals surface area contributed by atoms with Crippen LogP contribution in [0.3, 0.4) is 0 Å². The zero-order chi connectivity index (χ0) is 13.9. The van der Waals surface area contributed by atoms with Crippen LogP contribution in [0.4, 0.5) is 0 Å². The van der Waals surface area contributed by atoms with Gasteiger partial charge in [0.15, 0.2) is 5.82 Å². The molecule has 0 spiro atoms. The normalized spacial score (nSPS) is 19.3. The molecule has 2 aromatic rings. The van der Waals surface area contributed by atoms with Gasteiger partial charge >= 0.3 is 0 Å². The molecule has 1 aliphatic rings. The SMILES string of the molecule is NC(=O)[C@H]1CCCN1Cc1ncn(-c2ccccc2)n1. The molecule has 6 heteroatoms. The van der Waals surface area contributed by atoms with Crippen molar-refractivity contribution < 1.29 is 4.79 Å². The number of carbonyl (C=O) groups excluding carboxylic acids is 1. The van der Waals surface area contributed by atoms with E-state index < -0.39 is 0 Å². The molecule has 0 bridgehead atoms. The second-order valence-corrected chi connectivity index (χ2v) is 4.97. The highest BCUT2D eigenvalue weighted by molar-refractivity contribution is 5.80. The Morgan fingerprint density at radius 3 is 2.90 bits per heavy atom. The van der Waals surface area contributed by atoms with E-state index in [0.29, 0.717) is 12.4 Å². The lowest BCUT2D eigenvalue weighted by Crippen LogP contribution is -2.40. The van der Waals surface area contributed by atoms with Gasteiger partial charge in [-0.2, -0.15) is 0 Å². The van der Waals surface area contributed by atoms with E-state index >= 15 is 0 Å². The van der Waals surface area contributed by atoms with Gasteiger partial charge < -0.3 is 5.73 Å². The van der Waals surface area contributed by atoms with Crippen molar-refractivity contribution in [3.8, 4) is 5.69 Å². The Balaban J connectivity index is 1.73. The lowest BCUT2D eigenvalue weighted by molar-refractivity contribution is -0.122. The van der Waals surface area contributed by atoms with E-state index in [1.807, 2.05) is 35.2 Å². The van der Waals surface area contributed by atoms with Gasteiger partial charge in [0.1, 0.15) is 6.33 Å². The number of rotatable bonds is 4. The molecule has 0 radical (unpaired) electrons. The summed E-state index contributed by atoms with van der Waals surface area (Å²) in [5.74, 6) is 0.451. The number of amides is 1. The number of para-hydroxylation sites is 1. The van der Waals surface area contributed by atoms with Crippen molar-refractivity contribution >= 4 is 5.91 Å². The van der Waals surface area contributed by atoms with E-state index in [9.17, 15) is 4.79 Å². The molecule has 0 saturated carbocycles. The summed E-state index contributed by atoms with van der Waals surface area (Å²) in [5, 5.41) is 4.45. The molecule has 3 rings (SSSR count). The number of hydrogen-bond donors (Lipinski definition) is 1. The van der Waals surface area contributed by atoms with Gasteiger partial charge in [0, 0.05) is 0 Å². The van der Waals surface area contributed by atoms with Crippen LogP contribution >= 0.6 is 0 Å². The van der Waals surface area contributed by atoms with Gasteiger partial charge in [-0.15, -0.1) is 5.10 Å². The van der Waals surface area contributed by atoms with Crippen LogP contribution in [0.1, 0.15) is 18.7 Å². The molecule has 0 aliphatic carbocycles. The average Bonchev–Trinajstić information content (AvgIpc) is 3.09. The highest BCUT2D eigenvalue weighted by Crippen LogP contribution is 2.18. The lowest BCUT2D eigenvalue weighted by Gasteiger charge is -2.19. The number of aromatic nitrogens is 3. The standard InChI is InChI=1S/C14H17N5O/c15-14(20)12-7-4-8-18(12)9-13-16-10-19(17-13)11-5-2-1-3-6-11/h1-3,5-6,10,12H,4,7-9H2,(H2,15,20)/t12-/m1/s1. The number of primary amides is 1. The van der Waals surface area contributed by atoms with Gasteiger partial charge in [-0.1, -0.05) is 18.2 Å². The molecule has 2 heterocycles. The minimum absolute atomic E-state index is 0.182. The Morgan fingerprint density at radius 2 is 2.15 bits per heavy atom. The number of carbonyl (C=O) groups is 1. The van der Waals surface area contributed by atoms with Crippen molar-refractivity contribution in [3.63, 3.8) is 0 Å². The summed E-state index contributed by atoms with van der Waals surface area (Å²) in [5.41, 5.74) is 6.38. The molecule has 1 saturated heterocycles. The van der Waals surface area contributed by atoms with Crippen molar-refractivity contribution in [1.82, 2.24) is 19.7 Å². The van der Waals surface area contributed by atoms with Gasteiger partial charge in [0.2, 0.25) is 5.91 Å². The first kappa shape index (κ1) is 12.8. The molecule has 1 atom stereocenters. The monoisotopic (exact) mass is 271 g/mol. The van der Waals surface area contributed by atoms with Crippen LogP contribution in [0, 0.1) is 0 Å². The minimum atomic E-state index is -0.259. The fourth-order valence-corrected chi connectivity index (χ4v) is 2.59. The summed E-state index contributed by atoms with van der Waals surface area (Å²) < 4.78 is 1.74. The molecular formula is C14H17N5O. The van der Waals surface area contributed by atoms with Crippen molar-refractivity contribution in [2.24, 2.45) is 5.73 Å². The van der Waals surface area contributed by atoms with Crippen LogP contribution in [-0.4, -0.2) is 38.2 Å². The quantitative estimate of drug-likeness (QED) is 0.888. The third-order valence-electron chi connectivity index (χ3n) is 3.60. The van der Waals surface area contributed by atoms with Gasteiger partial charge in [-0.3, -0.25) is 9.69 Å². The summed E-state index contributed by atoms with van der Waals surface area (Å²) >= 11 is 0. The molecular weight excluding hydrogens is 254 g/mol. The molecule has 1 aliphatic heterocycles. The van der Waals surface area contributed by atoms with E-state index in [4.69, 9.17) is 5.73 Å². The van der Waals surface area contributed by atoms with Crippen LogP contribution in [0.25, 0.3) is 5.69 Å². The molecule has 104 valence electrons. The molecule has 1 aromatic heterocycles. The molecule has 2 N–H and O–H groups in total. The smallest absolute Gasteiger partial charge is 0.234 e. The van der Waals surface area contributed by atoms with Gasteiger partial charge in [0.25, 0.3) is 0 Å². The zero-order valence-corrected chi connectivity index (χ0v) is 11.1. The van der Waals surface area contributed by atoms with E-state index in [1.165, 1.54) is 0 Å². The summed E-state index contributed by atoms with van der Waals surface area (Å²) in [6.45, 7) is 1.43. The fourth-order valence-electron chi connectivity index (χ4n) is 2.59. The van der Waals surface area contributed by atoms with E-state index in [-0.39, 0.29) is 11.9 Å². The number of likely N-dealkylation sites (tertiary alicyclic amines) is 1. The maximum atomic E-state index is 11.4. The van der Waals surface area contributed by atoms with Crippen LogP contribution in [0.15, 0.2) is 36.7 Å². The number of nitrogens with zero attached hydrogens (tertiary/aromatic N) is 4. The van der Waals surface area contributed by atoms with Crippen molar-refractivity contribution in [2.75, 3.05) is 6.54 Å². The van der Waals surface area contributed by atoms with Crippen LogP contribution in [0.5, 0.6) is 0 Å². The van der Waals surface area contributed by atoms with Crippen molar-refractivity contribution in [2.45, 2.75) is 25.4 Å². The van der Waals surface area contributed by atoms with E-state index in [1.54, 1.807) is 11.0 Å². The minimum Gasteiger partial charge on any atom is -0.368 e. The molecule has 6 nitrogen and oxygen atoms in total. The molecule has 1 fully saturated rings. The Hall–Kier alpha value is -2.21. The van der Waals surface area contributed by atoms with Gasteiger partial charge in [-0.05, 0) is 31.5 Å². The third-order valence-corrected chi connectivity index (χ3v) is 3.60. The Labute approximate surface area is 117 Å². The number of hydrogen-bond acceptors (Lipinski definition) is 4. The van der Waals surface area contributed by atoms with Gasteiger partial charge in [-0.25, -0.2) is 9.67 Å². The first-order chi connectivity index (χ1) is 9.74. The van der Waals surface area contributed by atoms with E-state index in [0.717, 1.165) is 25.1 Å². The van der Waals surface area contributed by atoms with Crippen molar-refractivity contribution in [1.29, 1.82) is 0 Å². The maximum absolute atomic E-state index is 11.4. The highest BCUT2D eigenvalue weighted by Gasteiger charge is 2.29. The Morgan fingerprint density at radius 1 is 1.35 bits per heavy atom. The molecule has 0 unspecified atom stereocenters. The fraction of sp³-hybridized carbons (Fsp3) is 0.357. The molecule has 20 heavy (non-hydrogen) atoms. The Kier molecular flexibility index (Phi) is 3.47. The van der Waals surface area contributed by atoms with Crippen LogP contribution in [-0.2, 0) is 11.3 Å². The number of benzene rings is 1. The second-order valence-electron chi connectivity index (χ2n) is 4.97. The highest BCUT2D eigenvalue weighted by atomic mass is 16.1. The van der Waals surface area contributed by atoms with Crippen LogP contribution in [0.2, 0.25) is 0 Å². The molecule has 1 aromatic carbocycles. The lowest BCUT2D eigenvalue weighted by atomic mass is 10.2. The van der Waals surface area contributed by atoms with Crippen LogP contribution < -0.4 is 5.73 Å². The third kappa shape index (κ3) is 2.55. The maximum Gasteiger partial charge on any atom is 0.234 e. The first-order valence-corrected chi connectivity index (χ1v) is 6.73. The summed E-state index contributed by atoms with van der Waals surface area (Å²) in [7, 11) is 0. The number of nitrogens with two attached hydrogens (primary N) is 1.